The normalized spacial score (nSPS) is 13.6. The topological polar surface area (TPSA) is 106 Å². The minimum atomic E-state index is -0.444. The molecule has 0 spiro atoms. The number of carbonyl (C=O) groups is 3. The van der Waals surface area contributed by atoms with Crippen molar-refractivity contribution in [2.75, 3.05) is 31.5 Å². The number of amides is 3. The van der Waals surface area contributed by atoms with Gasteiger partial charge in [-0.05, 0) is 36.4 Å². The first-order chi connectivity index (χ1) is 13.1. The van der Waals surface area contributed by atoms with Gasteiger partial charge in [-0.25, -0.2) is 0 Å². The number of nitriles is 1. The molecule has 0 atom stereocenters. The Morgan fingerprint density at radius 1 is 1.11 bits per heavy atom. The molecule has 3 rings (SSSR count). The van der Waals surface area contributed by atoms with Gasteiger partial charge < -0.3 is 15.1 Å². The van der Waals surface area contributed by atoms with Crippen molar-refractivity contribution in [3.05, 3.63) is 59.4 Å². The van der Waals surface area contributed by atoms with Crippen molar-refractivity contribution >= 4 is 23.9 Å². The van der Waals surface area contributed by atoms with E-state index in [-0.39, 0.29) is 11.6 Å². The Balaban J connectivity index is 1.69. The number of pyridine rings is 1. The van der Waals surface area contributed by atoms with Gasteiger partial charge in [0, 0.05) is 43.6 Å². The highest BCUT2D eigenvalue weighted by molar-refractivity contribution is 6.04. The quantitative estimate of drug-likeness (QED) is 0.819. The number of aromatic nitrogens is 1. The Hall–Kier alpha value is -3.73. The Kier molecular flexibility index (Phi) is 5.42. The highest BCUT2D eigenvalue weighted by atomic mass is 16.2. The van der Waals surface area contributed by atoms with Crippen LogP contribution in [0.2, 0.25) is 0 Å². The van der Waals surface area contributed by atoms with Crippen molar-refractivity contribution in [2.45, 2.75) is 0 Å². The number of nitrogens with zero attached hydrogens (tertiary/aromatic N) is 4. The van der Waals surface area contributed by atoms with Crippen LogP contribution >= 0.6 is 0 Å². The zero-order valence-corrected chi connectivity index (χ0v) is 14.5. The predicted octanol–water partition coefficient (Wildman–Crippen LogP) is 1.12. The third kappa shape index (κ3) is 4.27. The summed E-state index contributed by atoms with van der Waals surface area (Å²) < 4.78 is 0. The summed E-state index contributed by atoms with van der Waals surface area (Å²) in [6, 6.07) is 11.5. The third-order valence-electron chi connectivity index (χ3n) is 4.26. The van der Waals surface area contributed by atoms with Crippen LogP contribution in [-0.2, 0) is 4.79 Å². The van der Waals surface area contributed by atoms with E-state index >= 15 is 0 Å². The molecule has 2 heterocycles. The molecule has 0 bridgehead atoms. The van der Waals surface area contributed by atoms with Gasteiger partial charge in [0.15, 0.2) is 0 Å². The van der Waals surface area contributed by atoms with Crippen LogP contribution < -0.4 is 5.32 Å². The first-order valence-corrected chi connectivity index (χ1v) is 8.37. The van der Waals surface area contributed by atoms with Crippen molar-refractivity contribution in [2.24, 2.45) is 0 Å². The van der Waals surface area contributed by atoms with Gasteiger partial charge in [-0.1, -0.05) is 0 Å². The van der Waals surface area contributed by atoms with Gasteiger partial charge in [0.25, 0.3) is 11.8 Å². The molecule has 0 unspecified atom stereocenters. The predicted molar refractivity (Wildman–Crippen MR) is 96.9 cm³/mol. The maximum atomic E-state index is 12.6. The zero-order chi connectivity index (χ0) is 19.2. The van der Waals surface area contributed by atoms with Gasteiger partial charge >= 0.3 is 0 Å². The van der Waals surface area contributed by atoms with Gasteiger partial charge in [0.2, 0.25) is 6.41 Å². The molecule has 0 radical (unpaired) electrons. The molecule has 1 saturated heterocycles. The Labute approximate surface area is 156 Å². The van der Waals surface area contributed by atoms with Gasteiger partial charge in [-0.15, -0.1) is 0 Å². The van der Waals surface area contributed by atoms with Crippen molar-refractivity contribution < 1.29 is 14.4 Å². The summed E-state index contributed by atoms with van der Waals surface area (Å²) in [6.07, 6.45) is 2.20. The van der Waals surface area contributed by atoms with Crippen LogP contribution in [0.5, 0.6) is 0 Å². The van der Waals surface area contributed by atoms with Crippen LogP contribution in [-0.4, -0.2) is 59.2 Å². The molecule has 2 aromatic rings. The van der Waals surface area contributed by atoms with E-state index in [2.05, 4.69) is 10.3 Å². The fourth-order valence-corrected chi connectivity index (χ4v) is 2.72. The lowest BCUT2D eigenvalue weighted by atomic mass is 10.1. The van der Waals surface area contributed by atoms with Crippen LogP contribution in [0.3, 0.4) is 0 Å². The van der Waals surface area contributed by atoms with Crippen LogP contribution in [0.15, 0.2) is 42.6 Å². The van der Waals surface area contributed by atoms with Crippen molar-refractivity contribution in [3.8, 4) is 6.07 Å². The molecule has 8 heteroatoms. The minimum Gasteiger partial charge on any atom is -0.342 e. The molecule has 0 saturated carbocycles. The monoisotopic (exact) mass is 363 g/mol. The summed E-state index contributed by atoms with van der Waals surface area (Å²) in [5, 5.41) is 11.5. The molecule has 3 amide bonds. The first-order valence-electron chi connectivity index (χ1n) is 8.37. The number of hydrogen-bond acceptors (Lipinski definition) is 5. The molecule has 1 N–H and O–H groups in total. The van der Waals surface area contributed by atoms with Crippen LogP contribution in [0.25, 0.3) is 0 Å². The molecular weight excluding hydrogens is 346 g/mol. The zero-order valence-electron chi connectivity index (χ0n) is 14.5. The maximum Gasteiger partial charge on any atom is 0.274 e. The first kappa shape index (κ1) is 18.1. The number of carbonyl (C=O) groups excluding carboxylic acids is 3. The van der Waals surface area contributed by atoms with Gasteiger partial charge in [0.1, 0.15) is 5.69 Å². The third-order valence-corrected chi connectivity index (χ3v) is 4.26. The van der Waals surface area contributed by atoms with E-state index in [1.165, 1.54) is 12.3 Å². The number of rotatable bonds is 4. The molecule has 1 fully saturated rings. The van der Waals surface area contributed by atoms with E-state index in [9.17, 15) is 14.4 Å². The molecule has 1 aliphatic rings. The number of anilines is 1. The summed E-state index contributed by atoms with van der Waals surface area (Å²) in [5.74, 6) is -0.643. The summed E-state index contributed by atoms with van der Waals surface area (Å²) in [4.78, 5) is 43.1. The Bertz CT molecular complexity index is 896. The molecule has 136 valence electrons. The van der Waals surface area contributed by atoms with E-state index in [1.54, 1.807) is 40.1 Å². The maximum absolute atomic E-state index is 12.6. The van der Waals surface area contributed by atoms with E-state index in [4.69, 9.17) is 5.26 Å². The SMILES string of the molecule is N#Cc1ccc(NC(=O)c2cc(C(=O)N3CCN(C=O)CC3)ccn2)cc1. The molecule has 1 aromatic heterocycles. The number of benzene rings is 1. The van der Waals surface area contributed by atoms with Crippen LogP contribution in [0.4, 0.5) is 5.69 Å². The standard InChI is InChI=1S/C19H17N5O3/c20-12-14-1-3-16(4-2-14)22-18(26)17-11-15(5-6-21-17)19(27)24-9-7-23(13-25)8-10-24/h1-6,11,13H,7-10H2,(H,22,26). The van der Waals surface area contributed by atoms with E-state index in [0.29, 0.717) is 43.0 Å². The van der Waals surface area contributed by atoms with E-state index < -0.39 is 5.91 Å². The summed E-state index contributed by atoms with van der Waals surface area (Å²) in [7, 11) is 0. The fourth-order valence-electron chi connectivity index (χ4n) is 2.72. The van der Waals surface area contributed by atoms with Crippen molar-refractivity contribution in [1.82, 2.24) is 14.8 Å². The lowest BCUT2D eigenvalue weighted by Gasteiger charge is -2.32. The average molecular weight is 363 g/mol. The highest BCUT2D eigenvalue weighted by Crippen LogP contribution is 2.13. The van der Waals surface area contributed by atoms with Crippen LogP contribution in [0, 0.1) is 11.3 Å². The minimum absolute atomic E-state index is 0.122. The number of piperazine rings is 1. The summed E-state index contributed by atoms with van der Waals surface area (Å²) in [5.41, 5.74) is 1.52. The van der Waals surface area contributed by atoms with Gasteiger partial charge in [-0.3, -0.25) is 19.4 Å². The largest absolute Gasteiger partial charge is 0.342 e. The van der Waals surface area contributed by atoms with Crippen LogP contribution in [0.1, 0.15) is 26.4 Å². The highest BCUT2D eigenvalue weighted by Gasteiger charge is 2.22. The molecule has 8 nitrogen and oxygen atoms in total. The molecular formula is C19H17N5O3. The molecule has 1 aromatic carbocycles. The number of nitrogens with one attached hydrogen (secondary N) is 1. The Morgan fingerprint density at radius 3 is 2.44 bits per heavy atom. The van der Waals surface area contributed by atoms with Crippen molar-refractivity contribution in [1.29, 1.82) is 5.26 Å². The van der Waals surface area contributed by atoms with Gasteiger partial charge in [0.05, 0.1) is 11.6 Å². The second-order valence-electron chi connectivity index (χ2n) is 6.01. The number of hydrogen-bond donors (Lipinski definition) is 1. The smallest absolute Gasteiger partial charge is 0.274 e. The van der Waals surface area contributed by atoms with Crippen molar-refractivity contribution in [3.63, 3.8) is 0 Å². The fraction of sp³-hybridized carbons (Fsp3) is 0.211. The lowest BCUT2D eigenvalue weighted by molar-refractivity contribution is -0.119. The second-order valence-corrected chi connectivity index (χ2v) is 6.01. The Morgan fingerprint density at radius 2 is 1.81 bits per heavy atom. The molecule has 0 aliphatic carbocycles. The molecule has 1 aliphatic heterocycles. The second kappa shape index (κ2) is 8.10. The van der Waals surface area contributed by atoms with E-state index in [1.807, 2.05) is 6.07 Å². The lowest BCUT2D eigenvalue weighted by Crippen LogP contribution is -2.48. The summed E-state index contributed by atoms with van der Waals surface area (Å²) >= 11 is 0. The molecule has 27 heavy (non-hydrogen) atoms. The summed E-state index contributed by atoms with van der Waals surface area (Å²) in [6.45, 7) is 1.89. The van der Waals surface area contributed by atoms with Gasteiger partial charge in [-0.2, -0.15) is 5.26 Å². The average Bonchev–Trinajstić information content (AvgIpc) is 2.74. The van der Waals surface area contributed by atoms with E-state index in [0.717, 1.165) is 6.41 Å².